The van der Waals surface area contributed by atoms with Gasteiger partial charge in [-0.2, -0.15) is 5.26 Å². The highest BCUT2D eigenvalue weighted by Gasteiger charge is 2.30. The van der Waals surface area contributed by atoms with Gasteiger partial charge >= 0.3 is 0 Å². The van der Waals surface area contributed by atoms with Crippen molar-refractivity contribution in [3.8, 4) is 6.07 Å². The number of hydrogen-bond donors (Lipinski definition) is 0. The van der Waals surface area contributed by atoms with E-state index < -0.39 is 0 Å². The van der Waals surface area contributed by atoms with Gasteiger partial charge in [0, 0.05) is 0 Å². The van der Waals surface area contributed by atoms with E-state index in [1.54, 1.807) is 0 Å². The summed E-state index contributed by atoms with van der Waals surface area (Å²) in [6, 6.07) is 11.1. The zero-order valence-electron chi connectivity index (χ0n) is 15.3. The van der Waals surface area contributed by atoms with E-state index in [4.69, 9.17) is 5.26 Å². The second-order valence-corrected chi connectivity index (χ2v) is 8.26. The van der Waals surface area contributed by atoms with Gasteiger partial charge in [-0.3, -0.25) is 0 Å². The molecule has 0 heterocycles. The van der Waals surface area contributed by atoms with Gasteiger partial charge in [0.1, 0.15) is 0 Å². The molecule has 0 aliphatic heterocycles. The van der Waals surface area contributed by atoms with Crippen LogP contribution in [0.2, 0.25) is 0 Å². The topological polar surface area (TPSA) is 23.8 Å². The van der Waals surface area contributed by atoms with Crippen LogP contribution in [0.1, 0.15) is 88.2 Å². The van der Waals surface area contributed by atoms with Gasteiger partial charge in [0.15, 0.2) is 0 Å². The second kappa shape index (κ2) is 8.70. The van der Waals surface area contributed by atoms with Crippen LogP contribution in [0.3, 0.4) is 0 Å². The first-order valence-electron chi connectivity index (χ1n) is 10.3. The standard InChI is InChI=1S/C23H33N/c1-2-3-18-4-8-20(9-5-18)22-12-14-23(15-13-22)21-10-6-19(7-11-21)16-17-24/h6-7,10-11,18,20,22-23H,2-5,8-9,12-16H2,1H3. The second-order valence-electron chi connectivity index (χ2n) is 8.26. The Morgan fingerprint density at radius 1 is 0.875 bits per heavy atom. The van der Waals surface area contributed by atoms with E-state index in [-0.39, 0.29) is 0 Å². The molecule has 2 aliphatic rings. The Kier molecular flexibility index (Phi) is 6.36. The zero-order chi connectivity index (χ0) is 16.8. The monoisotopic (exact) mass is 323 g/mol. The molecule has 1 aromatic rings. The maximum absolute atomic E-state index is 8.79. The molecule has 1 heteroatoms. The Balaban J connectivity index is 1.47. The summed E-state index contributed by atoms with van der Waals surface area (Å²) in [5, 5.41) is 8.79. The van der Waals surface area contributed by atoms with Crippen molar-refractivity contribution in [2.24, 2.45) is 17.8 Å². The van der Waals surface area contributed by atoms with Gasteiger partial charge < -0.3 is 0 Å². The first-order valence-corrected chi connectivity index (χ1v) is 10.3. The number of hydrogen-bond acceptors (Lipinski definition) is 1. The van der Waals surface area contributed by atoms with Gasteiger partial charge in [-0.05, 0) is 73.3 Å². The Labute approximate surface area is 148 Å². The van der Waals surface area contributed by atoms with Crippen molar-refractivity contribution < 1.29 is 0 Å². The van der Waals surface area contributed by atoms with E-state index in [1.165, 1.54) is 69.8 Å². The van der Waals surface area contributed by atoms with Gasteiger partial charge in [0.25, 0.3) is 0 Å². The van der Waals surface area contributed by atoms with E-state index in [9.17, 15) is 0 Å². The van der Waals surface area contributed by atoms with Crippen molar-refractivity contribution in [3.63, 3.8) is 0 Å². The SMILES string of the molecule is CCCC1CCC(C2CCC(c3ccc(CC#N)cc3)CC2)CC1. The predicted octanol–water partition coefficient (Wildman–Crippen LogP) is 6.63. The van der Waals surface area contributed by atoms with E-state index in [1.807, 2.05) is 0 Å². The van der Waals surface area contributed by atoms with E-state index in [0.29, 0.717) is 6.42 Å². The molecular formula is C23H33N. The van der Waals surface area contributed by atoms with Crippen LogP contribution in [-0.4, -0.2) is 0 Å². The molecule has 0 spiro atoms. The lowest BCUT2D eigenvalue weighted by atomic mass is 9.68. The minimum atomic E-state index is 0.535. The van der Waals surface area contributed by atoms with E-state index in [0.717, 1.165) is 29.2 Å². The van der Waals surface area contributed by atoms with Crippen LogP contribution in [0.4, 0.5) is 0 Å². The lowest BCUT2D eigenvalue weighted by Crippen LogP contribution is -2.25. The highest BCUT2D eigenvalue weighted by Crippen LogP contribution is 2.44. The minimum Gasteiger partial charge on any atom is -0.198 e. The smallest absolute Gasteiger partial charge is 0.0669 e. The van der Waals surface area contributed by atoms with Gasteiger partial charge in [-0.25, -0.2) is 0 Å². The quantitative estimate of drug-likeness (QED) is 0.596. The fraction of sp³-hybridized carbons (Fsp3) is 0.696. The fourth-order valence-corrected chi connectivity index (χ4v) is 5.28. The van der Waals surface area contributed by atoms with Crippen molar-refractivity contribution in [1.82, 2.24) is 0 Å². The molecule has 1 nitrogen and oxygen atoms in total. The molecule has 0 aromatic heterocycles. The largest absolute Gasteiger partial charge is 0.198 e. The Hall–Kier alpha value is -1.29. The number of benzene rings is 1. The van der Waals surface area contributed by atoms with Crippen LogP contribution in [-0.2, 0) is 6.42 Å². The lowest BCUT2D eigenvalue weighted by Gasteiger charge is -2.38. The molecule has 2 saturated carbocycles. The molecule has 0 atom stereocenters. The van der Waals surface area contributed by atoms with Gasteiger partial charge in [0.2, 0.25) is 0 Å². The summed E-state index contributed by atoms with van der Waals surface area (Å²) in [5.74, 6) is 3.82. The van der Waals surface area contributed by atoms with Crippen molar-refractivity contribution in [2.75, 3.05) is 0 Å². The Bertz CT molecular complexity index is 522. The van der Waals surface area contributed by atoms with Crippen molar-refractivity contribution in [3.05, 3.63) is 35.4 Å². The van der Waals surface area contributed by atoms with E-state index in [2.05, 4.69) is 37.3 Å². The molecule has 3 rings (SSSR count). The summed E-state index contributed by atoms with van der Waals surface area (Å²) in [6.07, 6.45) is 15.0. The molecule has 1 aromatic carbocycles. The molecule has 0 bridgehead atoms. The van der Waals surface area contributed by atoms with Crippen LogP contribution in [0.25, 0.3) is 0 Å². The number of rotatable bonds is 5. The summed E-state index contributed by atoms with van der Waals surface area (Å²) in [4.78, 5) is 0. The highest BCUT2D eigenvalue weighted by atomic mass is 14.4. The van der Waals surface area contributed by atoms with Crippen LogP contribution in [0.5, 0.6) is 0 Å². The average molecular weight is 324 g/mol. The van der Waals surface area contributed by atoms with Crippen LogP contribution in [0.15, 0.2) is 24.3 Å². The van der Waals surface area contributed by atoms with Crippen LogP contribution in [0, 0.1) is 29.1 Å². The van der Waals surface area contributed by atoms with Crippen molar-refractivity contribution in [2.45, 2.75) is 83.5 Å². The average Bonchev–Trinajstić information content (AvgIpc) is 2.64. The summed E-state index contributed by atoms with van der Waals surface area (Å²) >= 11 is 0. The fourth-order valence-electron chi connectivity index (χ4n) is 5.28. The summed E-state index contributed by atoms with van der Waals surface area (Å²) in [5.41, 5.74) is 2.65. The van der Waals surface area contributed by atoms with Crippen LogP contribution >= 0.6 is 0 Å². The third-order valence-electron chi connectivity index (χ3n) is 6.76. The van der Waals surface area contributed by atoms with Gasteiger partial charge in [-0.1, -0.05) is 56.9 Å². The molecule has 130 valence electrons. The molecule has 0 radical (unpaired) electrons. The van der Waals surface area contributed by atoms with E-state index >= 15 is 0 Å². The van der Waals surface area contributed by atoms with Gasteiger partial charge in [0.05, 0.1) is 12.5 Å². The minimum absolute atomic E-state index is 0.535. The third kappa shape index (κ3) is 4.41. The molecule has 0 N–H and O–H groups in total. The molecule has 2 fully saturated rings. The predicted molar refractivity (Wildman–Crippen MR) is 101 cm³/mol. The Morgan fingerprint density at radius 3 is 2.00 bits per heavy atom. The molecule has 0 saturated heterocycles. The Morgan fingerprint density at radius 2 is 1.46 bits per heavy atom. The third-order valence-corrected chi connectivity index (χ3v) is 6.76. The summed E-state index contributed by atoms with van der Waals surface area (Å²) < 4.78 is 0. The number of nitrogens with zero attached hydrogens (tertiary/aromatic N) is 1. The van der Waals surface area contributed by atoms with Gasteiger partial charge in [-0.15, -0.1) is 0 Å². The molecule has 24 heavy (non-hydrogen) atoms. The lowest BCUT2D eigenvalue weighted by molar-refractivity contribution is 0.156. The summed E-state index contributed by atoms with van der Waals surface area (Å²) in [7, 11) is 0. The molecule has 0 amide bonds. The zero-order valence-corrected chi connectivity index (χ0v) is 15.3. The highest BCUT2D eigenvalue weighted by molar-refractivity contribution is 5.27. The molecule has 0 unspecified atom stereocenters. The maximum Gasteiger partial charge on any atom is 0.0669 e. The number of nitriles is 1. The maximum atomic E-state index is 8.79. The molecular weight excluding hydrogens is 290 g/mol. The first-order chi connectivity index (χ1) is 11.8. The summed E-state index contributed by atoms with van der Waals surface area (Å²) in [6.45, 7) is 2.33. The van der Waals surface area contributed by atoms with Crippen molar-refractivity contribution in [1.29, 1.82) is 5.26 Å². The first kappa shape index (κ1) is 17.5. The van der Waals surface area contributed by atoms with Crippen LogP contribution < -0.4 is 0 Å². The van der Waals surface area contributed by atoms with Crippen molar-refractivity contribution >= 4 is 0 Å². The normalized spacial score (nSPS) is 30.7. The molecule has 2 aliphatic carbocycles.